The highest BCUT2D eigenvalue weighted by atomic mass is 31.2. The zero-order chi connectivity index (χ0) is 77.4. The smallest absolute Gasteiger partial charge is 0.462 e. The highest BCUT2D eigenvalue weighted by Crippen LogP contribution is 2.45. The van der Waals surface area contributed by atoms with E-state index in [0.717, 1.165) is 161 Å². The van der Waals surface area contributed by atoms with Gasteiger partial charge in [0.15, 0.2) is 12.2 Å². The zero-order valence-corrected chi connectivity index (χ0v) is 68.4. The first-order valence-electron chi connectivity index (χ1n) is 41.4. The Balaban J connectivity index is 5.42. The van der Waals surface area contributed by atoms with Gasteiger partial charge in [-0.25, -0.2) is 9.13 Å². The minimum Gasteiger partial charge on any atom is -0.462 e. The summed E-state index contributed by atoms with van der Waals surface area (Å²) in [6, 6.07) is 0. The number of hydrogen-bond donors (Lipinski definition) is 3. The molecule has 0 fully saturated rings. The van der Waals surface area contributed by atoms with Gasteiger partial charge in [0.1, 0.15) is 19.3 Å². The van der Waals surface area contributed by atoms with Crippen molar-refractivity contribution >= 4 is 39.5 Å². The average Bonchev–Trinajstić information content (AvgIpc) is 0.901. The van der Waals surface area contributed by atoms with Crippen LogP contribution in [0.4, 0.5) is 0 Å². The Kier molecular flexibility index (Phi) is 74.8. The van der Waals surface area contributed by atoms with Crippen LogP contribution in [0.1, 0.15) is 336 Å². The van der Waals surface area contributed by atoms with Crippen molar-refractivity contribution in [3.63, 3.8) is 0 Å². The normalized spacial score (nSPS) is 14.5. The molecule has 0 aromatic heterocycles. The van der Waals surface area contributed by atoms with E-state index in [0.29, 0.717) is 32.1 Å². The molecule has 0 amide bonds. The molecule has 0 aromatic carbocycles. The highest BCUT2D eigenvalue weighted by molar-refractivity contribution is 7.47. The molecule has 0 aliphatic carbocycles. The van der Waals surface area contributed by atoms with E-state index in [2.05, 4.69) is 143 Å². The molecule has 0 spiro atoms. The van der Waals surface area contributed by atoms with Crippen molar-refractivity contribution in [2.24, 2.45) is 0 Å². The lowest BCUT2D eigenvalue weighted by atomic mass is 10.0. The van der Waals surface area contributed by atoms with Crippen molar-refractivity contribution in [2.45, 2.75) is 354 Å². The number of esters is 4. The Morgan fingerprint density at radius 1 is 0.274 bits per heavy atom. The maximum atomic E-state index is 13.1. The summed E-state index contributed by atoms with van der Waals surface area (Å²) in [5, 5.41) is 10.7. The van der Waals surface area contributed by atoms with E-state index >= 15 is 0 Å². The van der Waals surface area contributed by atoms with Gasteiger partial charge in [0.25, 0.3) is 0 Å². The van der Waals surface area contributed by atoms with Gasteiger partial charge in [-0.15, -0.1) is 0 Å². The van der Waals surface area contributed by atoms with Crippen molar-refractivity contribution in [3.05, 3.63) is 134 Å². The molecule has 0 aromatic rings. The summed E-state index contributed by atoms with van der Waals surface area (Å²) in [5.74, 6) is -2.29. The van der Waals surface area contributed by atoms with Crippen LogP contribution in [0.2, 0.25) is 0 Å². The molecule has 0 heterocycles. The molecule has 106 heavy (non-hydrogen) atoms. The van der Waals surface area contributed by atoms with Gasteiger partial charge in [-0.2, -0.15) is 0 Å². The van der Waals surface area contributed by atoms with Crippen LogP contribution in [0.25, 0.3) is 0 Å². The molecule has 608 valence electrons. The van der Waals surface area contributed by atoms with Crippen molar-refractivity contribution in [1.29, 1.82) is 0 Å². The average molecular weight is 1530 g/mol. The number of carbonyl (C=O) groups is 4. The number of ether oxygens (including phenoxy) is 4. The lowest BCUT2D eigenvalue weighted by Gasteiger charge is -2.21. The number of aliphatic hydroxyl groups excluding tert-OH is 1. The topological polar surface area (TPSA) is 237 Å². The van der Waals surface area contributed by atoms with Crippen molar-refractivity contribution < 1.29 is 80.2 Å². The molecule has 0 aliphatic heterocycles. The molecule has 17 nitrogen and oxygen atoms in total. The Bertz CT molecular complexity index is 2530. The monoisotopic (exact) mass is 1530 g/mol. The summed E-state index contributed by atoms with van der Waals surface area (Å²) < 4.78 is 68.6. The van der Waals surface area contributed by atoms with Gasteiger partial charge in [-0.05, 0) is 135 Å². The number of phosphoric acid groups is 2. The third-order valence-electron chi connectivity index (χ3n) is 17.1. The molecule has 0 bridgehead atoms. The summed E-state index contributed by atoms with van der Waals surface area (Å²) in [4.78, 5) is 73.1. The van der Waals surface area contributed by atoms with Gasteiger partial charge >= 0.3 is 39.5 Å². The van der Waals surface area contributed by atoms with Crippen LogP contribution in [0.5, 0.6) is 0 Å². The van der Waals surface area contributed by atoms with Crippen LogP contribution in [-0.4, -0.2) is 96.7 Å². The number of hydrogen-bond acceptors (Lipinski definition) is 15. The molecule has 5 atom stereocenters. The molecule has 0 radical (unpaired) electrons. The summed E-state index contributed by atoms with van der Waals surface area (Å²) >= 11 is 0. The van der Waals surface area contributed by atoms with E-state index < -0.39 is 97.5 Å². The lowest BCUT2D eigenvalue weighted by molar-refractivity contribution is -0.161. The predicted octanol–water partition coefficient (Wildman–Crippen LogP) is 24.4. The van der Waals surface area contributed by atoms with E-state index in [1.807, 2.05) is 18.2 Å². The van der Waals surface area contributed by atoms with Crippen LogP contribution >= 0.6 is 15.6 Å². The van der Waals surface area contributed by atoms with Gasteiger partial charge in [-0.1, -0.05) is 309 Å². The molecule has 0 rings (SSSR count). The van der Waals surface area contributed by atoms with E-state index in [4.69, 9.17) is 37.0 Å². The fraction of sp³-hybridized carbons (Fsp3) is 0.701. The van der Waals surface area contributed by atoms with Crippen LogP contribution < -0.4 is 0 Å². The van der Waals surface area contributed by atoms with Crippen LogP contribution in [-0.2, 0) is 65.4 Å². The Morgan fingerprint density at radius 2 is 0.509 bits per heavy atom. The third kappa shape index (κ3) is 77.4. The molecule has 0 aliphatic rings. The number of rotatable bonds is 77. The maximum absolute atomic E-state index is 13.1. The first-order chi connectivity index (χ1) is 51.7. The Labute approximate surface area is 644 Å². The summed E-state index contributed by atoms with van der Waals surface area (Å²) in [6.07, 6.45) is 88.6. The Hall–Kier alpha value is -4.80. The van der Waals surface area contributed by atoms with Crippen LogP contribution in [0, 0.1) is 0 Å². The first kappa shape index (κ1) is 101. The summed E-state index contributed by atoms with van der Waals surface area (Å²) in [7, 11) is -9.99. The first-order valence-corrected chi connectivity index (χ1v) is 44.4. The number of phosphoric ester groups is 2. The van der Waals surface area contributed by atoms with Crippen molar-refractivity contribution in [3.8, 4) is 0 Å². The third-order valence-corrected chi connectivity index (χ3v) is 19.0. The SMILES string of the molecule is CC/C=C\C/C=C\C/C=C\C/C=C\C/C=C\C/C=C\CCC(=O)OCC(COP(=O)(O)OCC(O)COP(=O)(O)OCC(COC(=O)CCCCCCCC/C=C\C/C=C\C/C=C\CCCCC)OC(=O)CCCCCCC/C=C\C/C=C\CCCCC)OC(=O)CCCCCCCCCCCCCCC. The van der Waals surface area contributed by atoms with Crippen molar-refractivity contribution in [1.82, 2.24) is 0 Å². The molecule has 19 heteroatoms. The molecule has 0 saturated carbocycles. The van der Waals surface area contributed by atoms with E-state index in [9.17, 15) is 43.2 Å². The molecule has 0 saturated heterocycles. The minimum atomic E-state index is -5.00. The maximum Gasteiger partial charge on any atom is 0.472 e. The zero-order valence-electron chi connectivity index (χ0n) is 66.6. The summed E-state index contributed by atoms with van der Waals surface area (Å²) in [6.45, 7) is 4.62. The minimum absolute atomic E-state index is 0.0352. The number of allylic oxidation sites excluding steroid dienone is 22. The molecule has 5 unspecified atom stereocenters. The van der Waals surface area contributed by atoms with Gasteiger partial charge in [0.05, 0.1) is 26.4 Å². The summed E-state index contributed by atoms with van der Waals surface area (Å²) in [5.41, 5.74) is 0. The number of aliphatic hydroxyl groups is 1. The second kappa shape index (κ2) is 78.3. The fourth-order valence-corrected chi connectivity index (χ4v) is 12.4. The van der Waals surface area contributed by atoms with E-state index in [-0.39, 0.29) is 25.7 Å². The van der Waals surface area contributed by atoms with Gasteiger partial charge in [0, 0.05) is 25.7 Å². The molecule has 3 N–H and O–H groups in total. The lowest BCUT2D eigenvalue weighted by Crippen LogP contribution is -2.30. The van der Waals surface area contributed by atoms with Gasteiger partial charge in [-0.3, -0.25) is 37.3 Å². The molecular weight excluding hydrogens is 1380 g/mol. The second-order valence-electron chi connectivity index (χ2n) is 27.3. The fourth-order valence-electron chi connectivity index (χ4n) is 10.8. The van der Waals surface area contributed by atoms with Crippen LogP contribution in [0.3, 0.4) is 0 Å². The predicted molar refractivity (Wildman–Crippen MR) is 436 cm³/mol. The Morgan fingerprint density at radius 3 is 0.830 bits per heavy atom. The second-order valence-corrected chi connectivity index (χ2v) is 30.2. The van der Waals surface area contributed by atoms with Gasteiger partial charge in [0.2, 0.25) is 0 Å². The van der Waals surface area contributed by atoms with Crippen LogP contribution in [0.15, 0.2) is 134 Å². The highest BCUT2D eigenvalue weighted by Gasteiger charge is 2.30. The largest absolute Gasteiger partial charge is 0.472 e. The van der Waals surface area contributed by atoms with Gasteiger partial charge < -0.3 is 33.8 Å². The standard InChI is InChI=1S/C87H148O17P2/c1-5-9-13-17-21-25-29-33-36-38-40-42-45-48-51-55-59-63-67-71-84(89)97-77-82(103-86(91)73-69-65-61-57-53-47-32-28-24-20-16-12-8-4)79-101-105(93,94)99-75-81(88)76-100-106(95,96)102-80-83(104-87(92)74-70-66-62-58-54-50-44-35-31-27-23-19-15-11-7-3)78-98-85(90)72-68-64-60-56-52-49-46-43-41-39-37-34-30-26-22-18-14-10-6-2/h9,13,21-23,25-27,33-37,40-44,48,51,59,63,81-83,88H,5-8,10-12,14-20,24,28-32,38-39,45-47,49-50,52-58,60-62,64-80H2,1-4H3,(H,93,94)(H,95,96)/b13-9-,25-21-,26-22-,27-23-,36-33-,37-34-,42-40-,43-41-,44-35-,51-48-,63-59-. The number of unbranched alkanes of at least 4 members (excludes halogenated alkanes) is 29. The molecular formula is C87H148O17P2. The van der Waals surface area contributed by atoms with E-state index in [1.54, 1.807) is 0 Å². The quantitative estimate of drug-likeness (QED) is 0.0169. The van der Waals surface area contributed by atoms with E-state index in [1.165, 1.54) is 89.9 Å². The van der Waals surface area contributed by atoms with Crippen molar-refractivity contribution in [2.75, 3.05) is 39.6 Å². The number of carbonyl (C=O) groups excluding carboxylic acids is 4.